The Morgan fingerprint density at radius 2 is 0.960 bits per heavy atom. The van der Waals surface area contributed by atoms with Gasteiger partial charge in [0.15, 0.2) is 19.7 Å². The predicted octanol–water partition coefficient (Wildman–Crippen LogP) is 0.890. The summed E-state index contributed by atoms with van der Waals surface area (Å²) in [5, 5.41) is 0. The van der Waals surface area contributed by atoms with Crippen LogP contribution in [0.5, 0.6) is 0 Å². The van der Waals surface area contributed by atoms with Gasteiger partial charge in [-0.25, -0.2) is 16.8 Å². The van der Waals surface area contributed by atoms with Gasteiger partial charge < -0.3 is 9.47 Å². The molecule has 10 heteroatoms. The van der Waals surface area contributed by atoms with Gasteiger partial charge in [0, 0.05) is 0 Å². The molecule has 0 radical (unpaired) electrons. The van der Waals surface area contributed by atoms with Crippen molar-refractivity contribution in [3.05, 3.63) is 0 Å². The lowest BCUT2D eigenvalue weighted by atomic mass is 10.2. The van der Waals surface area contributed by atoms with Gasteiger partial charge in [-0.1, -0.05) is 0 Å². The molecule has 0 saturated heterocycles. The fourth-order valence-corrected chi connectivity index (χ4v) is 4.22. The Morgan fingerprint density at radius 3 is 1.20 bits per heavy atom. The van der Waals surface area contributed by atoms with Crippen LogP contribution in [0.1, 0.15) is 48.0 Å². The fourth-order valence-electron chi connectivity index (χ4n) is 1.74. The van der Waals surface area contributed by atoms with Crippen LogP contribution in [-0.2, 0) is 38.7 Å². The molecule has 25 heavy (non-hydrogen) atoms. The third kappa shape index (κ3) is 13.8. The van der Waals surface area contributed by atoms with E-state index in [1.165, 1.54) is 0 Å². The van der Waals surface area contributed by atoms with Gasteiger partial charge in [-0.3, -0.25) is 9.59 Å². The van der Waals surface area contributed by atoms with Crippen LogP contribution in [0.3, 0.4) is 0 Å². The molecular formula is C15H28O8S2. The zero-order valence-electron chi connectivity index (χ0n) is 15.6. The Morgan fingerprint density at radius 1 is 0.680 bits per heavy atom. The number of carbonyl (C=O) groups excluding carboxylic acids is 2. The minimum Gasteiger partial charge on any atom is -0.459 e. The molecule has 0 aliphatic carbocycles. The van der Waals surface area contributed by atoms with E-state index in [-0.39, 0.29) is 6.42 Å². The third-order valence-corrected chi connectivity index (χ3v) is 5.60. The average molecular weight is 401 g/mol. The van der Waals surface area contributed by atoms with Gasteiger partial charge in [0.05, 0.1) is 11.5 Å². The Kier molecular flexibility index (Phi) is 8.09. The van der Waals surface area contributed by atoms with Crippen LogP contribution >= 0.6 is 0 Å². The maximum Gasteiger partial charge on any atom is 0.321 e. The minimum absolute atomic E-state index is 0.212. The zero-order valence-corrected chi connectivity index (χ0v) is 17.3. The predicted molar refractivity (Wildman–Crippen MR) is 93.6 cm³/mol. The van der Waals surface area contributed by atoms with E-state index in [1.807, 2.05) is 0 Å². The fraction of sp³-hybridized carbons (Fsp3) is 0.867. The molecule has 0 saturated carbocycles. The number of sulfone groups is 2. The first-order valence-corrected chi connectivity index (χ1v) is 11.4. The van der Waals surface area contributed by atoms with E-state index in [2.05, 4.69) is 0 Å². The normalized spacial score (nSPS) is 13.4. The summed E-state index contributed by atoms with van der Waals surface area (Å²) in [6, 6.07) is 0. The molecule has 0 rings (SSSR count). The van der Waals surface area contributed by atoms with Crippen molar-refractivity contribution < 1.29 is 35.9 Å². The van der Waals surface area contributed by atoms with Gasteiger partial charge in [-0.2, -0.15) is 0 Å². The maximum absolute atomic E-state index is 11.8. The zero-order chi connectivity index (χ0) is 20.1. The highest BCUT2D eigenvalue weighted by atomic mass is 32.2. The summed E-state index contributed by atoms with van der Waals surface area (Å²) in [7, 11) is -7.58. The van der Waals surface area contributed by atoms with Crippen molar-refractivity contribution in [1.29, 1.82) is 0 Å². The average Bonchev–Trinajstić information content (AvgIpc) is 2.19. The molecule has 0 aliphatic rings. The topological polar surface area (TPSA) is 121 Å². The molecule has 0 fully saturated rings. The maximum atomic E-state index is 11.8. The summed E-state index contributed by atoms with van der Waals surface area (Å²) in [5.41, 5.74) is -1.60. The standard InChI is InChI=1S/C15H28O8S2/c1-14(2,3)22-12(16)10-24(18,19)8-7-9-25(20,21)11-13(17)23-15(4,5)6/h7-11H2,1-6H3. The molecule has 0 aromatic heterocycles. The van der Waals surface area contributed by atoms with Crippen molar-refractivity contribution >= 4 is 31.6 Å². The Labute approximate surface area is 150 Å². The minimum atomic E-state index is -3.79. The van der Waals surface area contributed by atoms with E-state index in [4.69, 9.17) is 9.47 Å². The lowest BCUT2D eigenvalue weighted by molar-refractivity contribution is -0.152. The van der Waals surface area contributed by atoms with E-state index in [9.17, 15) is 26.4 Å². The highest BCUT2D eigenvalue weighted by molar-refractivity contribution is 7.93. The first-order valence-electron chi connectivity index (χ1n) is 7.75. The van der Waals surface area contributed by atoms with E-state index in [0.29, 0.717) is 0 Å². The van der Waals surface area contributed by atoms with Gasteiger partial charge in [0.1, 0.15) is 22.7 Å². The number of hydrogen-bond acceptors (Lipinski definition) is 8. The molecule has 0 spiro atoms. The molecule has 0 atom stereocenters. The number of rotatable bonds is 8. The summed E-state index contributed by atoms with van der Waals surface area (Å²) >= 11 is 0. The molecule has 0 aromatic carbocycles. The summed E-state index contributed by atoms with van der Waals surface area (Å²) in [4.78, 5) is 23.1. The number of hydrogen-bond donors (Lipinski definition) is 0. The monoisotopic (exact) mass is 400 g/mol. The van der Waals surface area contributed by atoms with Crippen LogP contribution < -0.4 is 0 Å². The summed E-state index contributed by atoms with van der Waals surface area (Å²) in [6.45, 7) is 9.67. The first-order chi connectivity index (χ1) is 10.9. The molecule has 0 N–H and O–H groups in total. The van der Waals surface area contributed by atoms with E-state index >= 15 is 0 Å². The number of esters is 2. The SMILES string of the molecule is CC(C)(C)OC(=O)CS(=O)(=O)CCCS(=O)(=O)CC(=O)OC(C)(C)C. The van der Waals surface area contributed by atoms with Crippen LogP contribution in [0.25, 0.3) is 0 Å². The van der Waals surface area contributed by atoms with Gasteiger partial charge in [0.2, 0.25) is 0 Å². The molecule has 148 valence electrons. The van der Waals surface area contributed by atoms with Crippen LogP contribution in [-0.4, -0.2) is 63.0 Å². The molecule has 0 heterocycles. The number of carbonyl (C=O) groups is 2. The van der Waals surface area contributed by atoms with Crippen LogP contribution in [0, 0.1) is 0 Å². The summed E-state index contributed by atoms with van der Waals surface area (Å²) in [5.74, 6) is -4.36. The lowest BCUT2D eigenvalue weighted by Crippen LogP contribution is -2.31. The third-order valence-electron chi connectivity index (χ3n) is 2.43. The highest BCUT2D eigenvalue weighted by Crippen LogP contribution is 2.10. The second-order valence-electron chi connectivity index (χ2n) is 7.71. The van der Waals surface area contributed by atoms with Crippen molar-refractivity contribution in [2.75, 3.05) is 23.0 Å². The smallest absolute Gasteiger partial charge is 0.321 e. The number of ether oxygens (including phenoxy) is 2. The van der Waals surface area contributed by atoms with Crippen molar-refractivity contribution in [1.82, 2.24) is 0 Å². The van der Waals surface area contributed by atoms with Gasteiger partial charge in [-0.05, 0) is 48.0 Å². The molecule has 0 unspecified atom stereocenters. The lowest BCUT2D eigenvalue weighted by Gasteiger charge is -2.19. The first kappa shape index (κ1) is 23.8. The summed E-state index contributed by atoms with van der Waals surface area (Å²) in [6.07, 6.45) is -0.212. The van der Waals surface area contributed by atoms with Crippen LogP contribution in [0.4, 0.5) is 0 Å². The highest BCUT2D eigenvalue weighted by Gasteiger charge is 2.25. The Balaban J connectivity index is 4.48. The van der Waals surface area contributed by atoms with Crippen molar-refractivity contribution in [2.24, 2.45) is 0 Å². The van der Waals surface area contributed by atoms with Crippen LogP contribution in [0.15, 0.2) is 0 Å². The summed E-state index contributed by atoms with van der Waals surface area (Å²) < 4.78 is 57.2. The molecule has 0 aliphatic heterocycles. The Bertz CT molecular complexity index is 616. The largest absolute Gasteiger partial charge is 0.459 e. The molecular weight excluding hydrogens is 372 g/mol. The molecule has 0 bridgehead atoms. The quantitative estimate of drug-likeness (QED) is 0.551. The van der Waals surface area contributed by atoms with Crippen LogP contribution in [0.2, 0.25) is 0 Å². The van der Waals surface area contributed by atoms with Gasteiger partial charge in [0.25, 0.3) is 0 Å². The molecule has 0 amide bonds. The van der Waals surface area contributed by atoms with Gasteiger partial charge >= 0.3 is 11.9 Å². The Hall–Kier alpha value is -1.16. The van der Waals surface area contributed by atoms with Gasteiger partial charge in [-0.15, -0.1) is 0 Å². The second-order valence-corrected chi connectivity index (χ2v) is 12.1. The van der Waals surface area contributed by atoms with Crippen molar-refractivity contribution in [2.45, 2.75) is 59.2 Å². The van der Waals surface area contributed by atoms with Crippen molar-refractivity contribution in [3.8, 4) is 0 Å². The van der Waals surface area contributed by atoms with E-state index in [1.54, 1.807) is 41.5 Å². The molecule has 0 aromatic rings. The molecule has 8 nitrogen and oxygen atoms in total. The van der Waals surface area contributed by atoms with E-state index < -0.39 is 65.8 Å². The second kappa shape index (κ2) is 8.48. The van der Waals surface area contributed by atoms with E-state index in [0.717, 1.165) is 0 Å². The van der Waals surface area contributed by atoms with Crippen molar-refractivity contribution in [3.63, 3.8) is 0 Å².